The van der Waals surface area contributed by atoms with Crippen molar-refractivity contribution >= 4 is 0 Å². The van der Waals surface area contributed by atoms with E-state index in [1.165, 1.54) is 12.8 Å². The highest BCUT2D eigenvalue weighted by molar-refractivity contribution is 4.81. The molecule has 2 nitrogen and oxygen atoms in total. The van der Waals surface area contributed by atoms with Crippen LogP contribution >= 0.6 is 0 Å². The summed E-state index contributed by atoms with van der Waals surface area (Å²) in [4.78, 5) is 0. The van der Waals surface area contributed by atoms with Crippen molar-refractivity contribution in [2.45, 2.75) is 51.9 Å². The molecule has 2 heteroatoms. The molecule has 1 saturated carbocycles. The van der Waals surface area contributed by atoms with Gasteiger partial charge in [-0.3, -0.25) is 0 Å². The molecule has 1 unspecified atom stereocenters. The van der Waals surface area contributed by atoms with Gasteiger partial charge in [0.15, 0.2) is 0 Å². The van der Waals surface area contributed by atoms with Gasteiger partial charge in [0.25, 0.3) is 0 Å². The molecule has 0 heterocycles. The van der Waals surface area contributed by atoms with E-state index in [0.717, 1.165) is 12.6 Å². The summed E-state index contributed by atoms with van der Waals surface area (Å²) in [6.07, 6.45) is 3.42. The number of nitrogens with one attached hydrogen (secondary N) is 1. The van der Waals surface area contributed by atoms with E-state index >= 15 is 0 Å². The Morgan fingerprint density at radius 3 is 2.45 bits per heavy atom. The molecule has 1 atom stereocenters. The van der Waals surface area contributed by atoms with Crippen LogP contribution in [-0.4, -0.2) is 24.8 Å². The lowest BCUT2D eigenvalue weighted by molar-refractivity contribution is 0.0194. The topological polar surface area (TPSA) is 21.3 Å². The van der Waals surface area contributed by atoms with Crippen molar-refractivity contribution in [3.05, 3.63) is 0 Å². The highest BCUT2D eigenvalue weighted by atomic mass is 16.5. The maximum absolute atomic E-state index is 5.57. The zero-order chi connectivity index (χ0) is 8.27. The zero-order valence-electron chi connectivity index (χ0n) is 7.76. The lowest BCUT2D eigenvalue weighted by Gasteiger charge is -2.16. The van der Waals surface area contributed by atoms with Gasteiger partial charge in [0, 0.05) is 12.6 Å². The maximum atomic E-state index is 5.57. The molecule has 11 heavy (non-hydrogen) atoms. The lowest BCUT2D eigenvalue weighted by Crippen LogP contribution is -2.30. The van der Waals surface area contributed by atoms with Crippen LogP contribution in [0.2, 0.25) is 0 Å². The molecule has 0 aromatic rings. The van der Waals surface area contributed by atoms with Crippen LogP contribution in [0.5, 0.6) is 0 Å². The number of ether oxygens (including phenoxy) is 1. The first-order valence-corrected chi connectivity index (χ1v) is 4.57. The van der Waals surface area contributed by atoms with E-state index in [9.17, 15) is 0 Å². The van der Waals surface area contributed by atoms with Crippen LogP contribution in [0.25, 0.3) is 0 Å². The highest BCUT2D eigenvalue weighted by Crippen LogP contribution is 2.18. The van der Waals surface area contributed by atoms with E-state index in [1.807, 2.05) is 0 Å². The molecule has 1 rings (SSSR count). The molecule has 0 amide bonds. The molecule has 0 aliphatic heterocycles. The summed E-state index contributed by atoms with van der Waals surface area (Å²) >= 11 is 0. The monoisotopic (exact) mass is 157 g/mol. The largest absolute Gasteiger partial charge is 0.375 e. The Kier molecular flexibility index (Phi) is 3.34. The average molecular weight is 157 g/mol. The average Bonchev–Trinajstić information content (AvgIpc) is 2.63. The second-order valence-corrected chi connectivity index (χ2v) is 3.68. The van der Waals surface area contributed by atoms with Gasteiger partial charge in [0.1, 0.15) is 0 Å². The van der Waals surface area contributed by atoms with E-state index in [2.05, 4.69) is 26.1 Å². The van der Waals surface area contributed by atoms with Crippen LogP contribution in [0.4, 0.5) is 0 Å². The van der Waals surface area contributed by atoms with Gasteiger partial charge in [0.2, 0.25) is 0 Å². The van der Waals surface area contributed by atoms with E-state index in [4.69, 9.17) is 4.74 Å². The summed E-state index contributed by atoms with van der Waals surface area (Å²) < 4.78 is 5.57. The van der Waals surface area contributed by atoms with Gasteiger partial charge in [-0.15, -0.1) is 0 Å². The first-order chi connectivity index (χ1) is 5.18. The van der Waals surface area contributed by atoms with Crippen molar-refractivity contribution < 1.29 is 4.74 Å². The Balaban J connectivity index is 1.95. The van der Waals surface area contributed by atoms with Crippen molar-refractivity contribution in [1.29, 1.82) is 0 Å². The van der Waals surface area contributed by atoms with Gasteiger partial charge >= 0.3 is 0 Å². The molecule has 66 valence electrons. The van der Waals surface area contributed by atoms with Crippen LogP contribution in [0.15, 0.2) is 0 Å². The normalized spacial score (nSPS) is 20.7. The fourth-order valence-electron chi connectivity index (χ4n) is 1.13. The second-order valence-electron chi connectivity index (χ2n) is 3.68. The number of hydrogen-bond acceptors (Lipinski definition) is 2. The highest BCUT2D eigenvalue weighted by Gasteiger charge is 2.20. The molecular formula is C9H19NO. The third-order valence-electron chi connectivity index (χ3n) is 1.78. The first kappa shape index (κ1) is 9.01. The Morgan fingerprint density at radius 2 is 2.00 bits per heavy atom. The summed E-state index contributed by atoms with van der Waals surface area (Å²) in [6, 6.07) is 0.799. The van der Waals surface area contributed by atoms with E-state index < -0.39 is 0 Å². The summed E-state index contributed by atoms with van der Waals surface area (Å²) in [7, 11) is 0. The number of rotatable bonds is 5. The smallest absolute Gasteiger partial charge is 0.0674 e. The van der Waals surface area contributed by atoms with E-state index in [-0.39, 0.29) is 0 Å². The van der Waals surface area contributed by atoms with Crippen LogP contribution in [-0.2, 0) is 4.74 Å². The molecule has 0 spiro atoms. The van der Waals surface area contributed by atoms with Crippen LogP contribution in [0.1, 0.15) is 33.6 Å². The summed E-state index contributed by atoms with van der Waals surface area (Å²) in [5, 5.41) is 3.44. The molecule has 1 fully saturated rings. The third-order valence-corrected chi connectivity index (χ3v) is 1.78. The van der Waals surface area contributed by atoms with Gasteiger partial charge in [-0.25, -0.2) is 0 Å². The summed E-state index contributed by atoms with van der Waals surface area (Å²) in [5.74, 6) is 0. The zero-order valence-corrected chi connectivity index (χ0v) is 7.76. The van der Waals surface area contributed by atoms with Crippen molar-refractivity contribution in [3.63, 3.8) is 0 Å². The fraction of sp³-hybridized carbons (Fsp3) is 1.00. The Morgan fingerprint density at radius 1 is 1.36 bits per heavy atom. The molecule has 0 saturated heterocycles. The lowest BCUT2D eigenvalue weighted by atomic mass is 10.3. The molecule has 0 aromatic carbocycles. The molecule has 1 aliphatic carbocycles. The molecule has 1 N–H and O–H groups in total. The predicted octanol–water partition coefficient (Wildman–Crippen LogP) is 1.55. The van der Waals surface area contributed by atoms with Crippen LogP contribution < -0.4 is 5.32 Å². The summed E-state index contributed by atoms with van der Waals surface area (Å²) in [6.45, 7) is 7.28. The minimum absolute atomic E-state index is 0.353. The second kappa shape index (κ2) is 4.07. The van der Waals surface area contributed by atoms with Crippen molar-refractivity contribution in [2.24, 2.45) is 0 Å². The Bertz CT molecular complexity index is 110. The Hall–Kier alpha value is -0.0800. The molecule has 0 bridgehead atoms. The van der Waals surface area contributed by atoms with Crippen molar-refractivity contribution in [3.8, 4) is 0 Å². The van der Waals surface area contributed by atoms with Gasteiger partial charge in [-0.1, -0.05) is 0 Å². The predicted molar refractivity (Wildman–Crippen MR) is 46.7 cm³/mol. The van der Waals surface area contributed by atoms with Gasteiger partial charge in [-0.2, -0.15) is 0 Å². The van der Waals surface area contributed by atoms with E-state index in [1.54, 1.807) is 0 Å². The first-order valence-electron chi connectivity index (χ1n) is 4.57. The minimum atomic E-state index is 0.353. The molecular weight excluding hydrogens is 138 g/mol. The maximum Gasteiger partial charge on any atom is 0.0674 e. The van der Waals surface area contributed by atoms with Crippen LogP contribution in [0, 0.1) is 0 Å². The van der Waals surface area contributed by atoms with Gasteiger partial charge < -0.3 is 10.1 Å². The molecule has 1 aliphatic rings. The third kappa shape index (κ3) is 4.38. The van der Waals surface area contributed by atoms with Crippen LogP contribution in [0.3, 0.4) is 0 Å². The minimum Gasteiger partial charge on any atom is -0.375 e. The summed E-state index contributed by atoms with van der Waals surface area (Å²) in [5.41, 5.74) is 0. The van der Waals surface area contributed by atoms with Gasteiger partial charge in [-0.05, 0) is 33.6 Å². The molecule has 0 aromatic heterocycles. The number of hydrogen-bond donors (Lipinski definition) is 1. The van der Waals surface area contributed by atoms with E-state index in [0.29, 0.717) is 12.2 Å². The van der Waals surface area contributed by atoms with Gasteiger partial charge in [0.05, 0.1) is 12.2 Å². The standard InChI is InChI=1S/C9H19NO/c1-7(2)11-8(3)6-10-9-4-5-9/h7-10H,4-6H2,1-3H3. The van der Waals surface area contributed by atoms with Crippen molar-refractivity contribution in [2.75, 3.05) is 6.54 Å². The SMILES string of the molecule is CC(C)OC(C)CNC1CC1. The Labute approximate surface area is 69.3 Å². The molecule has 0 radical (unpaired) electrons. The quantitative estimate of drug-likeness (QED) is 0.654. The fourth-order valence-corrected chi connectivity index (χ4v) is 1.13. The van der Waals surface area contributed by atoms with Crippen molar-refractivity contribution in [1.82, 2.24) is 5.32 Å².